The van der Waals surface area contributed by atoms with E-state index in [2.05, 4.69) is 35.6 Å². The Labute approximate surface area is 127 Å². The minimum atomic E-state index is 0.203. The highest BCUT2D eigenvalue weighted by Crippen LogP contribution is 2.50. The van der Waals surface area contributed by atoms with E-state index in [0.29, 0.717) is 5.41 Å². The normalized spacial score (nSPS) is 29.8. The van der Waals surface area contributed by atoms with Crippen LogP contribution in [0.1, 0.15) is 57.9 Å². The molecule has 0 spiro atoms. The first kappa shape index (κ1) is 14.6. The predicted molar refractivity (Wildman–Crippen MR) is 86.9 cm³/mol. The van der Waals surface area contributed by atoms with E-state index in [4.69, 9.17) is 5.73 Å². The number of thiophene rings is 1. The van der Waals surface area contributed by atoms with Crippen molar-refractivity contribution in [1.29, 1.82) is 0 Å². The third-order valence-electron chi connectivity index (χ3n) is 5.71. The van der Waals surface area contributed by atoms with Gasteiger partial charge in [0.2, 0.25) is 0 Å². The monoisotopic (exact) mass is 292 g/mol. The minimum absolute atomic E-state index is 0.203. The first-order valence-corrected chi connectivity index (χ1v) is 9.01. The highest BCUT2D eigenvalue weighted by atomic mass is 32.1. The second-order valence-corrected chi connectivity index (χ2v) is 8.10. The molecule has 112 valence electrons. The van der Waals surface area contributed by atoms with Gasteiger partial charge < -0.3 is 5.73 Å². The molecule has 2 saturated carbocycles. The Balaban J connectivity index is 1.90. The third-order valence-corrected chi connectivity index (χ3v) is 6.44. The van der Waals surface area contributed by atoms with Crippen LogP contribution < -0.4 is 5.73 Å². The summed E-state index contributed by atoms with van der Waals surface area (Å²) in [7, 11) is 0. The van der Waals surface area contributed by atoms with Gasteiger partial charge >= 0.3 is 0 Å². The van der Waals surface area contributed by atoms with Crippen LogP contribution in [-0.2, 0) is 6.54 Å². The van der Waals surface area contributed by atoms with Crippen molar-refractivity contribution in [3.63, 3.8) is 0 Å². The second-order valence-electron chi connectivity index (χ2n) is 7.32. The van der Waals surface area contributed by atoms with Gasteiger partial charge in [-0.2, -0.15) is 11.3 Å². The lowest BCUT2D eigenvalue weighted by atomic mass is 9.62. The van der Waals surface area contributed by atoms with E-state index in [9.17, 15) is 0 Å². The maximum Gasteiger partial charge on any atom is 0.0389 e. The zero-order chi connectivity index (χ0) is 14.2. The lowest BCUT2D eigenvalue weighted by molar-refractivity contribution is -0.0547. The van der Waals surface area contributed by atoms with Crippen molar-refractivity contribution in [3.8, 4) is 0 Å². The zero-order valence-corrected chi connectivity index (χ0v) is 13.7. The Kier molecular flexibility index (Phi) is 3.95. The quantitative estimate of drug-likeness (QED) is 0.888. The number of hydrogen-bond donors (Lipinski definition) is 1. The number of nitrogens with zero attached hydrogens (tertiary/aromatic N) is 1. The molecule has 0 aliphatic heterocycles. The molecule has 1 aromatic heterocycles. The van der Waals surface area contributed by atoms with E-state index >= 15 is 0 Å². The Morgan fingerprint density at radius 2 is 2.05 bits per heavy atom. The molecule has 0 bridgehead atoms. The highest BCUT2D eigenvalue weighted by molar-refractivity contribution is 7.07. The van der Waals surface area contributed by atoms with Crippen molar-refractivity contribution in [2.45, 2.75) is 70.5 Å². The lowest BCUT2D eigenvalue weighted by Gasteiger charge is -2.56. The molecule has 2 aliphatic rings. The fraction of sp³-hybridized carbons (Fsp3) is 0.765. The van der Waals surface area contributed by atoms with E-state index in [-0.39, 0.29) is 5.54 Å². The van der Waals surface area contributed by atoms with Gasteiger partial charge in [-0.1, -0.05) is 26.7 Å². The van der Waals surface area contributed by atoms with Crippen molar-refractivity contribution in [2.75, 3.05) is 6.54 Å². The highest BCUT2D eigenvalue weighted by Gasteiger charge is 2.53. The summed E-state index contributed by atoms with van der Waals surface area (Å²) in [6, 6.07) is 3.05. The standard InChI is InChI=1S/C17H28N2S/c1-16(2)8-3-4-9-17(16,13-18)19(15-5-6-15)11-14-7-10-20-12-14/h7,10,12,15H,3-6,8-9,11,13,18H2,1-2H3. The molecule has 1 aromatic rings. The van der Waals surface area contributed by atoms with Crippen molar-refractivity contribution in [1.82, 2.24) is 4.90 Å². The van der Waals surface area contributed by atoms with Crippen LogP contribution in [0.5, 0.6) is 0 Å². The van der Waals surface area contributed by atoms with E-state index < -0.39 is 0 Å². The number of nitrogens with two attached hydrogens (primary N) is 1. The molecule has 1 heterocycles. The summed E-state index contributed by atoms with van der Waals surface area (Å²) in [6.07, 6.45) is 8.03. The van der Waals surface area contributed by atoms with Crippen molar-refractivity contribution < 1.29 is 0 Å². The molecular weight excluding hydrogens is 264 g/mol. The Bertz CT molecular complexity index is 436. The van der Waals surface area contributed by atoms with Gasteiger partial charge in [0.1, 0.15) is 0 Å². The average molecular weight is 292 g/mol. The third kappa shape index (κ3) is 2.44. The van der Waals surface area contributed by atoms with Crippen LogP contribution in [0.3, 0.4) is 0 Å². The molecule has 2 aliphatic carbocycles. The summed E-state index contributed by atoms with van der Waals surface area (Å²) in [5.41, 5.74) is 8.37. The van der Waals surface area contributed by atoms with Crippen LogP contribution >= 0.6 is 11.3 Å². The fourth-order valence-electron chi connectivity index (χ4n) is 4.18. The topological polar surface area (TPSA) is 29.3 Å². The largest absolute Gasteiger partial charge is 0.329 e. The average Bonchev–Trinajstić information content (AvgIpc) is 3.14. The fourth-order valence-corrected chi connectivity index (χ4v) is 4.84. The summed E-state index contributed by atoms with van der Waals surface area (Å²) < 4.78 is 0. The molecule has 1 unspecified atom stereocenters. The SMILES string of the molecule is CC1(C)CCCCC1(CN)N(Cc1ccsc1)C1CC1. The molecule has 2 fully saturated rings. The first-order chi connectivity index (χ1) is 9.59. The van der Waals surface area contributed by atoms with Crippen LogP contribution in [0, 0.1) is 5.41 Å². The van der Waals surface area contributed by atoms with Gasteiger partial charge in [0.15, 0.2) is 0 Å². The van der Waals surface area contributed by atoms with Gasteiger partial charge in [-0.05, 0) is 53.5 Å². The first-order valence-electron chi connectivity index (χ1n) is 8.07. The van der Waals surface area contributed by atoms with Gasteiger partial charge in [-0.3, -0.25) is 4.90 Å². The van der Waals surface area contributed by atoms with E-state index in [0.717, 1.165) is 19.1 Å². The van der Waals surface area contributed by atoms with Crippen LogP contribution in [0.15, 0.2) is 16.8 Å². The number of rotatable bonds is 5. The van der Waals surface area contributed by atoms with Crippen LogP contribution in [-0.4, -0.2) is 23.0 Å². The Morgan fingerprint density at radius 3 is 2.60 bits per heavy atom. The van der Waals surface area contributed by atoms with Crippen molar-refractivity contribution >= 4 is 11.3 Å². The van der Waals surface area contributed by atoms with E-state index in [1.165, 1.54) is 44.1 Å². The molecule has 2 N–H and O–H groups in total. The summed E-state index contributed by atoms with van der Waals surface area (Å²) in [4.78, 5) is 2.79. The maximum absolute atomic E-state index is 6.37. The van der Waals surface area contributed by atoms with Gasteiger partial charge in [0, 0.05) is 24.7 Å². The molecule has 0 saturated heterocycles. The van der Waals surface area contributed by atoms with Gasteiger partial charge in [0.05, 0.1) is 0 Å². The molecule has 0 amide bonds. The molecule has 2 nitrogen and oxygen atoms in total. The summed E-state index contributed by atoms with van der Waals surface area (Å²) >= 11 is 1.81. The minimum Gasteiger partial charge on any atom is -0.329 e. The van der Waals surface area contributed by atoms with Gasteiger partial charge in [-0.15, -0.1) is 0 Å². The molecule has 20 heavy (non-hydrogen) atoms. The van der Waals surface area contributed by atoms with E-state index in [1.807, 2.05) is 11.3 Å². The van der Waals surface area contributed by atoms with Crippen LogP contribution in [0.4, 0.5) is 0 Å². The Morgan fingerprint density at radius 1 is 1.30 bits per heavy atom. The summed E-state index contributed by atoms with van der Waals surface area (Å²) in [5.74, 6) is 0. The molecule has 1 atom stereocenters. The smallest absolute Gasteiger partial charge is 0.0389 e. The van der Waals surface area contributed by atoms with E-state index in [1.54, 1.807) is 0 Å². The molecule has 0 aromatic carbocycles. The number of hydrogen-bond acceptors (Lipinski definition) is 3. The Hall–Kier alpha value is -0.380. The molecule has 0 radical (unpaired) electrons. The van der Waals surface area contributed by atoms with Gasteiger partial charge in [0.25, 0.3) is 0 Å². The van der Waals surface area contributed by atoms with Crippen molar-refractivity contribution in [2.24, 2.45) is 11.1 Å². The predicted octanol–water partition coefficient (Wildman–Crippen LogP) is 4.01. The summed E-state index contributed by atoms with van der Waals surface area (Å²) in [5, 5.41) is 4.50. The molecule has 3 heteroatoms. The lowest BCUT2D eigenvalue weighted by Crippen LogP contribution is -2.64. The molecule has 3 rings (SSSR count). The summed E-state index contributed by atoms with van der Waals surface area (Å²) in [6.45, 7) is 6.79. The van der Waals surface area contributed by atoms with Crippen LogP contribution in [0.25, 0.3) is 0 Å². The maximum atomic E-state index is 6.37. The molecular formula is C17H28N2S. The zero-order valence-electron chi connectivity index (χ0n) is 12.9. The van der Waals surface area contributed by atoms with Crippen LogP contribution in [0.2, 0.25) is 0 Å². The van der Waals surface area contributed by atoms with Crippen molar-refractivity contribution in [3.05, 3.63) is 22.4 Å². The van der Waals surface area contributed by atoms with Gasteiger partial charge in [-0.25, -0.2) is 0 Å². The second kappa shape index (κ2) is 5.43.